The maximum atomic E-state index is 13.0. The standard InChI is InChI=1S/C14H18F3N5O/c1-8-6-9(4-5-21(8)2)13-18-12(20-23-13)10-7-22(3)19-11(10)14(15,16)17/h7-9H,4-6H2,1-3H3/t8-,9-/m0/s1. The van der Waals surface area contributed by atoms with Gasteiger partial charge in [0.15, 0.2) is 5.69 Å². The van der Waals surface area contributed by atoms with Crippen molar-refractivity contribution in [3.05, 3.63) is 17.8 Å². The van der Waals surface area contributed by atoms with Crippen molar-refractivity contribution < 1.29 is 17.7 Å². The lowest BCUT2D eigenvalue weighted by molar-refractivity contribution is -0.141. The third-order valence-corrected chi connectivity index (χ3v) is 4.34. The Morgan fingerprint density at radius 3 is 2.70 bits per heavy atom. The van der Waals surface area contributed by atoms with E-state index in [1.807, 2.05) is 7.05 Å². The molecular weight excluding hydrogens is 311 g/mol. The molecule has 0 aromatic carbocycles. The first-order valence-corrected chi connectivity index (χ1v) is 7.40. The van der Waals surface area contributed by atoms with E-state index in [2.05, 4.69) is 27.1 Å². The number of likely N-dealkylation sites (tertiary alicyclic amines) is 1. The van der Waals surface area contributed by atoms with Crippen molar-refractivity contribution in [2.75, 3.05) is 13.6 Å². The summed E-state index contributed by atoms with van der Waals surface area (Å²) in [6.45, 7) is 3.00. The first-order chi connectivity index (χ1) is 10.8. The molecule has 23 heavy (non-hydrogen) atoms. The Labute approximate surface area is 131 Å². The van der Waals surface area contributed by atoms with E-state index in [1.165, 1.54) is 13.2 Å². The average molecular weight is 329 g/mol. The molecule has 2 aromatic heterocycles. The molecule has 3 heterocycles. The highest BCUT2D eigenvalue weighted by molar-refractivity contribution is 5.57. The molecule has 1 aliphatic heterocycles. The Bertz CT molecular complexity index is 693. The summed E-state index contributed by atoms with van der Waals surface area (Å²) < 4.78 is 45.4. The van der Waals surface area contributed by atoms with Crippen LogP contribution in [-0.4, -0.2) is 44.5 Å². The van der Waals surface area contributed by atoms with Gasteiger partial charge >= 0.3 is 6.18 Å². The first kappa shape index (κ1) is 16.0. The molecule has 0 saturated carbocycles. The molecule has 2 atom stereocenters. The minimum absolute atomic E-state index is 0.0630. The van der Waals surface area contributed by atoms with E-state index in [-0.39, 0.29) is 17.3 Å². The van der Waals surface area contributed by atoms with Crippen molar-refractivity contribution in [3.63, 3.8) is 0 Å². The van der Waals surface area contributed by atoms with Crippen molar-refractivity contribution >= 4 is 0 Å². The fraction of sp³-hybridized carbons (Fsp3) is 0.643. The highest BCUT2D eigenvalue weighted by Crippen LogP contribution is 2.36. The summed E-state index contributed by atoms with van der Waals surface area (Å²) in [6.07, 6.45) is -1.60. The second-order valence-corrected chi connectivity index (χ2v) is 6.07. The number of halogens is 3. The Balaban J connectivity index is 1.88. The average Bonchev–Trinajstić information content (AvgIpc) is 3.07. The predicted molar refractivity (Wildman–Crippen MR) is 75.6 cm³/mol. The van der Waals surface area contributed by atoms with Crippen molar-refractivity contribution in [3.8, 4) is 11.4 Å². The lowest BCUT2D eigenvalue weighted by atomic mass is 9.92. The van der Waals surface area contributed by atoms with Crippen LogP contribution in [0.3, 0.4) is 0 Å². The van der Waals surface area contributed by atoms with Gasteiger partial charge in [0, 0.05) is 25.2 Å². The molecular formula is C14H18F3N5O. The summed E-state index contributed by atoms with van der Waals surface area (Å²) in [5.74, 6) is 0.414. The van der Waals surface area contributed by atoms with Gasteiger partial charge in [-0.05, 0) is 33.4 Å². The van der Waals surface area contributed by atoms with E-state index in [0.717, 1.165) is 24.1 Å². The number of aromatic nitrogens is 4. The third-order valence-electron chi connectivity index (χ3n) is 4.34. The molecule has 2 aromatic rings. The van der Waals surface area contributed by atoms with E-state index in [1.54, 1.807) is 0 Å². The quantitative estimate of drug-likeness (QED) is 0.848. The van der Waals surface area contributed by atoms with Gasteiger partial charge in [-0.1, -0.05) is 5.16 Å². The van der Waals surface area contributed by atoms with Crippen molar-refractivity contribution in [2.24, 2.45) is 7.05 Å². The molecule has 1 aliphatic rings. The van der Waals surface area contributed by atoms with Crippen LogP contribution in [0.2, 0.25) is 0 Å². The van der Waals surface area contributed by atoms with Gasteiger partial charge in [-0.25, -0.2) is 0 Å². The van der Waals surface area contributed by atoms with Crippen LogP contribution in [0.5, 0.6) is 0 Å². The number of nitrogens with zero attached hydrogens (tertiary/aromatic N) is 5. The summed E-state index contributed by atoms with van der Waals surface area (Å²) >= 11 is 0. The van der Waals surface area contributed by atoms with Crippen LogP contribution in [0.25, 0.3) is 11.4 Å². The maximum Gasteiger partial charge on any atom is 0.435 e. The Morgan fingerprint density at radius 2 is 2.04 bits per heavy atom. The molecule has 1 fully saturated rings. The van der Waals surface area contributed by atoms with Gasteiger partial charge in [0.1, 0.15) is 0 Å². The monoisotopic (exact) mass is 329 g/mol. The number of aryl methyl sites for hydroxylation is 1. The SMILES string of the molecule is C[C@H]1C[C@@H](c2nc(-c3cn(C)nc3C(F)(F)F)no2)CCN1C. The predicted octanol–water partition coefficient (Wildman–Crippen LogP) is 2.69. The fourth-order valence-corrected chi connectivity index (χ4v) is 2.89. The van der Waals surface area contributed by atoms with Crippen molar-refractivity contribution in [2.45, 2.75) is 37.9 Å². The molecule has 9 heteroatoms. The van der Waals surface area contributed by atoms with Gasteiger partial charge < -0.3 is 9.42 Å². The molecule has 0 aliphatic carbocycles. The molecule has 0 N–H and O–H groups in total. The summed E-state index contributed by atoms with van der Waals surface area (Å²) in [5, 5.41) is 7.21. The van der Waals surface area contributed by atoms with E-state index in [9.17, 15) is 13.2 Å². The lowest BCUT2D eigenvalue weighted by Crippen LogP contribution is -2.36. The van der Waals surface area contributed by atoms with Crippen LogP contribution in [0.15, 0.2) is 10.7 Å². The van der Waals surface area contributed by atoms with E-state index < -0.39 is 11.9 Å². The van der Waals surface area contributed by atoms with Crippen LogP contribution in [0.1, 0.15) is 37.3 Å². The molecule has 1 saturated heterocycles. The molecule has 0 spiro atoms. The first-order valence-electron chi connectivity index (χ1n) is 7.40. The van der Waals surface area contributed by atoms with E-state index in [0.29, 0.717) is 11.9 Å². The van der Waals surface area contributed by atoms with Crippen LogP contribution in [-0.2, 0) is 13.2 Å². The summed E-state index contributed by atoms with van der Waals surface area (Å²) in [7, 11) is 3.48. The van der Waals surface area contributed by atoms with Crippen LogP contribution in [0.4, 0.5) is 13.2 Å². The topological polar surface area (TPSA) is 60.0 Å². The van der Waals surface area contributed by atoms with Gasteiger partial charge in [-0.2, -0.15) is 23.3 Å². The molecule has 3 rings (SSSR count). The molecule has 0 radical (unpaired) electrons. The normalized spacial score (nSPS) is 23.4. The summed E-state index contributed by atoms with van der Waals surface area (Å²) in [6, 6.07) is 0.369. The maximum absolute atomic E-state index is 13.0. The van der Waals surface area contributed by atoms with Gasteiger partial charge in [0.2, 0.25) is 11.7 Å². The van der Waals surface area contributed by atoms with Crippen LogP contribution >= 0.6 is 0 Å². The zero-order chi connectivity index (χ0) is 16.8. The molecule has 6 nitrogen and oxygen atoms in total. The van der Waals surface area contributed by atoms with Gasteiger partial charge in [0.25, 0.3) is 0 Å². The smallest absolute Gasteiger partial charge is 0.339 e. The van der Waals surface area contributed by atoms with Crippen molar-refractivity contribution in [1.82, 2.24) is 24.8 Å². The number of hydrogen-bond acceptors (Lipinski definition) is 5. The molecule has 0 bridgehead atoms. The minimum atomic E-state index is -4.56. The van der Waals surface area contributed by atoms with Gasteiger partial charge in [-0.15, -0.1) is 0 Å². The Morgan fingerprint density at radius 1 is 1.30 bits per heavy atom. The number of alkyl halides is 3. The summed E-state index contributed by atoms with van der Waals surface area (Å²) in [4.78, 5) is 6.43. The second kappa shape index (κ2) is 5.63. The number of piperidine rings is 1. The largest absolute Gasteiger partial charge is 0.435 e. The zero-order valence-corrected chi connectivity index (χ0v) is 13.1. The van der Waals surface area contributed by atoms with E-state index in [4.69, 9.17) is 4.52 Å². The Kier molecular flexibility index (Phi) is 3.91. The van der Waals surface area contributed by atoms with Crippen molar-refractivity contribution in [1.29, 1.82) is 0 Å². The second-order valence-electron chi connectivity index (χ2n) is 6.07. The minimum Gasteiger partial charge on any atom is -0.339 e. The summed E-state index contributed by atoms with van der Waals surface area (Å²) in [5.41, 5.74) is -1.15. The molecule has 0 unspecified atom stereocenters. The third kappa shape index (κ3) is 3.10. The lowest BCUT2D eigenvalue weighted by Gasteiger charge is -2.33. The van der Waals surface area contributed by atoms with Crippen LogP contribution < -0.4 is 0 Å². The highest BCUT2D eigenvalue weighted by atomic mass is 19.4. The Hall–Kier alpha value is -1.90. The highest BCUT2D eigenvalue weighted by Gasteiger charge is 2.39. The van der Waals surface area contributed by atoms with Gasteiger partial charge in [-0.3, -0.25) is 4.68 Å². The fourth-order valence-electron chi connectivity index (χ4n) is 2.89. The van der Waals surface area contributed by atoms with E-state index >= 15 is 0 Å². The number of hydrogen-bond donors (Lipinski definition) is 0. The van der Waals surface area contributed by atoms with Crippen LogP contribution in [0, 0.1) is 0 Å². The molecule has 0 amide bonds. The van der Waals surface area contributed by atoms with Gasteiger partial charge in [0.05, 0.1) is 5.56 Å². The zero-order valence-electron chi connectivity index (χ0n) is 13.1. The number of rotatable bonds is 2. The molecule has 126 valence electrons.